The van der Waals surface area contributed by atoms with Crippen LogP contribution in [0.5, 0.6) is 0 Å². The molecule has 1 atom stereocenters. The zero-order chi connectivity index (χ0) is 14.8. The molecule has 5 nitrogen and oxygen atoms in total. The average molecular weight is 323 g/mol. The number of anilines is 1. The highest BCUT2D eigenvalue weighted by Gasteiger charge is 2.22. The minimum absolute atomic E-state index is 0.0620. The van der Waals surface area contributed by atoms with E-state index in [1.54, 1.807) is 0 Å². The summed E-state index contributed by atoms with van der Waals surface area (Å²) in [6.45, 7) is 0.885. The Hall–Kier alpha value is -0.890. The zero-order valence-electron chi connectivity index (χ0n) is 10.7. The lowest BCUT2D eigenvalue weighted by molar-refractivity contribution is 0.105. The number of halogens is 2. The Kier molecular flexibility index (Phi) is 4.85. The number of nitrogens with two attached hydrogens (primary N) is 1. The maximum absolute atomic E-state index is 13.8. The van der Waals surface area contributed by atoms with E-state index in [1.165, 1.54) is 6.07 Å². The SMILES string of the molecule is Nc1cc(Cl)cc(S(=O)(=O)NCCC2CCCO2)c1F. The van der Waals surface area contributed by atoms with Gasteiger partial charge in [0.25, 0.3) is 0 Å². The number of hydrogen-bond donors (Lipinski definition) is 2. The van der Waals surface area contributed by atoms with Crippen molar-refractivity contribution in [3.8, 4) is 0 Å². The van der Waals surface area contributed by atoms with Crippen LogP contribution < -0.4 is 10.5 Å². The molecule has 1 aliphatic rings. The van der Waals surface area contributed by atoms with Gasteiger partial charge in [0.1, 0.15) is 4.90 Å². The summed E-state index contributed by atoms with van der Waals surface area (Å²) in [5, 5.41) is 0.0726. The number of nitrogen functional groups attached to an aromatic ring is 1. The maximum atomic E-state index is 13.8. The molecule has 1 saturated heterocycles. The molecule has 1 aromatic rings. The molecule has 2 rings (SSSR count). The predicted molar refractivity (Wildman–Crippen MR) is 74.6 cm³/mol. The molecule has 1 aromatic carbocycles. The Labute approximate surface area is 122 Å². The molecular formula is C12H16ClFN2O3S. The Morgan fingerprint density at radius 1 is 1.50 bits per heavy atom. The van der Waals surface area contributed by atoms with E-state index >= 15 is 0 Å². The van der Waals surface area contributed by atoms with Crippen molar-refractivity contribution in [1.82, 2.24) is 4.72 Å². The van der Waals surface area contributed by atoms with Crippen LogP contribution in [0.25, 0.3) is 0 Å². The van der Waals surface area contributed by atoms with Crippen molar-refractivity contribution >= 4 is 27.3 Å². The third-order valence-corrected chi connectivity index (χ3v) is 4.78. The lowest BCUT2D eigenvalue weighted by Gasteiger charge is -2.12. The van der Waals surface area contributed by atoms with Gasteiger partial charge in [-0.15, -0.1) is 0 Å². The first-order valence-corrected chi connectivity index (χ1v) is 8.12. The number of rotatable bonds is 5. The first-order valence-electron chi connectivity index (χ1n) is 6.26. The van der Waals surface area contributed by atoms with Gasteiger partial charge in [0, 0.05) is 18.2 Å². The van der Waals surface area contributed by atoms with Gasteiger partial charge in [-0.05, 0) is 31.4 Å². The highest BCUT2D eigenvalue weighted by Crippen LogP contribution is 2.25. The van der Waals surface area contributed by atoms with Crippen molar-refractivity contribution in [2.24, 2.45) is 0 Å². The monoisotopic (exact) mass is 322 g/mol. The van der Waals surface area contributed by atoms with Crippen LogP contribution >= 0.6 is 11.6 Å². The summed E-state index contributed by atoms with van der Waals surface area (Å²) < 4.78 is 45.5. The second kappa shape index (κ2) is 6.26. The van der Waals surface area contributed by atoms with Gasteiger partial charge < -0.3 is 10.5 Å². The van der Waals surface area contributed by atoms with E-state index in [0.29, 0.717) is 13.0 Å². The molecule has 3 N–H and O–H groups in total. The molecule has 0 saturated carbocycles. The first kappa shape index (κ1) is 15.5. The molecule has 1 heterocycles. The Morgan fingerprint density at radius 3 is 2.90 bits per heavy atom. The molecule has 1 fully saturated rings. The molecule has 1 unspecified atom stereocenters. The molecule has 0 amide bonds. The normalized spacial score (nSPS) is 19.4. The topological polar surface area (TPSA) is 81.4 Å². The summed E-state index contributed by atoms with van der Waals surface area (Å²) in [6.07, 6.45) is 2.51. The molecule has 0 spiro atoms. The van der Waals surface area contributed by atoms with Crippen LogP contribution in [-0.4, -0.2) is 27.7 Å². The van der Waals surface area contributed by atoms with Gasteiger partial charge in [-0.1, -0.05) is 11.6 Å². The minimum Gasteiger partial charge on any atom is -0.396 e. The quantitative estimate of drug-likeness (QED) is 0.811. The molecule has 0 aromatic heterocycles. The highest BCUT2D eigenvalue weighted by atomic mass is 35.5. The van der Waals surface area contributed by atoms with Crippen molar-refractivity contribution in [2.45, 2.75) is 30.3 Å². The van der Waals surface area contributed by atoms with E-state index < -0.39 is 20.7 Å². The second-order valence-corrected chi connectivity index (χ2v) is 6.80. The summed E-state index contributed by atoms with van der Waals surface area (Å²) in [5.41, 5.74) is 5.08. The van der Waals surface area contributed by atoms with E-state index in [2.05, 4.69) is 4.72 Å². The van der Waals surface area contributed by atoms with E-state index in [9.17, 15) is 12.8 Å². The van der Waals surface area contributed by atoms with Crippen molar-refractivity contribution < 1.29 is 17.5 Å². The second-order valence-electron chi connectivity index (χ2n) is 4.63. The van der Waals surface area contributed by atoms with Crippen LogP contribution in [0, 0.1) is 5.82 Å². The van der Waals surface area contributed by atoms with Crippen LogP contribution in [0.1, 0.15) is 19.3 Å². The summed E-state index contributed by atoms with van der Waals surface area (Å²) >= 11 is 5.71. The van der Waals surface area contributed by atoms with Gasteiger partial charge in [-0.3, -0.25) is 0 Å². The van der Waals surface area contributed by atoms with Crippen molar-refractivity contribution in [1.29, 1.82) is 0 Å². The van der Waals surface area contributed by atoms with Crippen molar-refractivity contribution in [2.75, 3.05) is 18.9 Å². The predicted octanol–water partition coefficient (Wildman–Crippen LogP) is 1.91. The minimum atomic E-state index is -3.97. The van der Waals surface area contributed by atoms with Crippen LogP contribution in [-0.2, 0) is 14.8 Å². The molecular weight excluding hydrogens is 307 g/mol. The Bertz CT molecular complexity index is 589. The maximum Gasteiger partial charge on any atom is 0.243 e. The van der Waals surface area contributed by atoms with E-state index in [4.69, 9.17) is 22.1 Å². The van der Waals surface area contributed by atoms with Gasteiger partial charge in [-0.25, -0.2) is 17.5 Å². The standard InChI is InChI=1S/C12H16ClFN2O3S/c13-8-6-10(15)12(14)11(7-8)20(17,18)16-4-3-9-2-1-5-19-9/h6-7,9,16H,1-5,15H2. The smallest absolute Gasteiger partial charge is 0.243 e. The van der Waals surface area contributed by atoms with Gasteiger partial charge in [-0.2, -0.15) is 0 Å². The van der Waals surface area contributed by atoms with Gasteiger partial charge in [0.2, 0.25) is 10.0 Å². The number of sulfonamides is 1. The Morgan fingerprint density at radius 2 is 2.25 bits per heavy atom. The van der Waals surface area contributed by atoms with Crippen LogP contribution in [0.3, 0.4) is 0 Å². The molecule has 20 heavy (non-hydrogen) atoms. The van der Waals surface area contributed by atoms with Gasteiger partial charge in [0.05, 0.1) is 11.8 Å². The number of hydrogen-bond acceptors (Lipinski definition) is 4. The van der Waals surface area contributed by atoms with E-state index in [1.807, 2.05) is 0 Å². The van der Waals surface area contributed by atoms with Crippen LogP contribution in [0.15, 0.2) is 17.0 Å². The lowest BCUT2D eigenvalue weighted by atomic mass is 10.2. The Balaban J connectivity index is 2.06. The third-order valence-electron chi connectivity index (χ3n) is 3.10. The number of ether oxygens (including phenoxy) is 1. The molecule has 0 aliphatic carbocycles. The molecule has 8 heteroatoms. The van der Waals surface area contributed by atoms with Crippen LogP contribution in [0.2, 0.25) is 5.02 Å². The third kappa shape index (κ3) is 3.60. The molecule has 0 bridgehead atoms. The largest absolute Gasteiger partial charge is 0.396 e. The summed E-state index contributed by atoms with van der Waals surface area (Å²) in [7, 11) is -3.97. The molecule has 1 aliphatic heterocycles. The molecule has 0 radical (unpaired) electrons. The van der Waals surface area contributed by atoms with E-state index in [0.717, 1.165) is 18.9 Å². The fourth-order valence-electron chi connectivity index (χ4n) is 2.08. The fraction of sp³-hybridized carbons (Fsp3) is 0.500. The van der Waals surface area contributed by atoms with Crippen molar-refractivity contribution in [3.63, 3.8) is 0 Å². The van der Waals surface area contributed by atoms with E-state index in [-0.39, 0.29) is 23.4 Å². The zero-order valence-corrected chi connectivity index (χ0v) is 12.3. The average Bonchev–Trinajstić information content (AvgIpc) is 2.86. The molecule has 112 valence electrons. The van der Waals surface area contributed by atoms with Crippen LogP contribution in [0.4, 0.5) is 10.1 Å². The summed E-state index contributed by atoms with van der Waals surface area (Å²) in [4.78, 5) is -0.533. The van der Waals surface area contributed by atoms with Crippen molar-refractivity contribution in [3.05, 3.63) is 23.0 Å². The fourth-order valence-corrected chi connectivity index (χ4v) is 3.55. The number of benzene rings is 1. The van der Waals surface area contributed by atoms with Gasteiger partial charge in [0.15, 0.2) is 5.82 Å². The first-order chi connectivity index (χ1) is 9.40. The number of nitrogens with one attached hydrogen (secondary N) is 1. The summed E-state index contributed by atoms with van der Waals surface area (Å²) in [6, 6.07) is 2.21. The van der Waals surface area contributed by atoms with Gasteiger partial charge >= 0.3 is 0 Å². The lowest BCUT2D eigenvalue weighted by Crippen LogP contribution is -2.28. The highest BCUT2D eigenvalue weighted by molar-refractivity contribution is 7.89. The summed E-state index contributed by atoms with van der Waals surface area (Å²) in [5.74, 6) is -0.987.